The maximum atomic E-state index is 10.8. The van der Waals surface area contributed by atoms with E-state index < -0.39 is 17.8 Å². The van der Waals surface area contributed by atoms with Crippen LogP contribution in [0.25, 0.3) is 0 Å². The predicted octanol–water partition coefficient (Wildman–Crippen LogP) is -1.07. The molecule has 0 aromatic carbocycles. The number of Topliss-reactive ketones (excluding diaryl/α,β-unsaturated/α-hetero) is 1. The lowest BCUT2D eigenvalue weighted by atomic mass is 10.1. The normalized spacial score (nSPS) is 12.4. The van der Waals surface area contributed by atoms with Crippen molar-refractivity contribution in [3.8, 4) is 0 Å². The Hall–Kier alpha value is -1.69. The van der Waals surface area contributed by atoms with E-state index in [0.29, 0.717) is 5.69 Å². The van der Waals surface area contributed by atoms with Crippen LogP contribution in [0.15, 0.2) is 12.5 Å². The van der Waals surface area contributed by atoms with Gasteiger partial charge in [-0.25, -0.2) is 9.78 Å². The molecule has 70 valence electrons. The van der Waals surface area contributed by atoms with Crippen LogP contribution in [0.3, 0.4) is 0 Å². The number of ketones is 1. The van der Waals surface area contributed by atoms with E-state index in [-0.39, 0.29) is 6.42 Å². The Labute approximate surface area is 73.8 Å². The molecule has 0 fully saturated rings. The van der Waals surface area contributed by atoms with Crippen molar-refractivity contribution in [2.24, 2.45) is 5.73 Å². The molecule has 0 spiro atoms. The zero-order valence-electron chi connectivity index (χ0n) is 6.73. The Morgan fingerprint density at radius 3 is 2.85 bits per heavy atom. The average Bonchev–Trinajstić information content (AvgIpc) is 2.55. The van der Waals surface area contributed by atoms with Crippen LogP contribution in [0.5, 0.6) is 0 Å². The lowest BCUT2D eigenvalue weighted by Gasteiger charge is -2.04. The fraction of sp³-hybridized carbons (Fsp3) is 0.286. The molecule has 0 aliphatic carbocycles. The summed E-state index contributed by atoms with van der Waals surface area (Å²) in [5.41, 5.74) is 5.97. The molecule has 6 heteroatoms. The number of aromatic amines is 1. The molecule has 0 unspecified atom stereocenters. The van der Waals surface area contributed by atoms with Gasteiger partial charge in [0.15, 0.2) is 0 Å². The molecule has 1 aromatic rings. The summed E-state index contributed by atoms with van der Waals surface area (Å²) in [6.45, 7) is 0. The highest BCUT2D eigenvalue weighted by molar-refractivity contribution is 6.34. The first-order chi connectivity index (χ1) is 6.11. The Morgan fingerprint density at radius 1 is 1.69 bits per heavy atom. The summed E-state index contributed by atoms with van der Waals surface area (Å²) in [5, 5.41) is 8.33. The van der Waals surface area contributed by atoms with E-state index in [4.69, 9.17) is 10.8 Å². The number of hydrogen-bond donors (Lipinski definition) is 3. The van der Waals surface area contributed by atoms with Crippen LogP contribution in [0.1, 0.15) is 5.69 Å². The van der Waals surface area contributed by atoms with Crippen molar-refractivity contribution in [2.75, 3.05) is 0 Å². The summed E-state index contributed by atoms with van der Waals surface area (Å²) in [7, 11) is 0. The molecule has 0 saturated carbocycles. The van der Waals surface area contributed by atoms with Gasteiger partial charge in [0.05, 0.1) is 12.4 Å². The topological polar surface area (TPSA) is 109 Å². The number of nitrogens with two attached hydrogens (primary N) is 1. The second-order valence-corrected chi connectivity index (χ2v) is 2.56. The van der Waals surface area contributed by atoms with E-state index in [2.05, 4.69) is 9.97 Å². The SMILES string of the molecule is N[C@@H](Cc1cnc[nH]1)C(=O)C(=O)O. The van der Waals surface area contributed by atoms with E-state index in [0.717, 1.165) is 0 Å². The highest BCUT2D eigenvalue weighted by atomic mass is 16.4. The molecule has 0 bridgehead atoms. The van der Waals surface area contributed by atoms with Gasteiger partial charge < -0.3 is 15.8 Å². The minimum absolute atomic E-state index is 0.158. The van der Waals surface area contributed by atoms with Gasteiger partial charge in [0.2, 0.25) is 0 Å². The fourth-order valence-corrected chi connectivity index (χ4v) is 0.885. The number of aromatic nitrogens is 2. The molecule has 0 radical (unpaired) electrons. The maximum Gasteiger partial charge on any atom is 0.373 e. The Balaban J connectivity index is 2.55. The van der Waals surface area contributed by atoms with Gasteiger partial charge in [-0.15, -0.1) is 0 Å². The zero-order valence-corrected chi connectivity index (χ0v) is 6.73. The second kappa shape index (κ2) is 3.81. The van der Waals surface area contributed by atoms with E-state index >= 15 is 0 Å². The van der Waals surface area contributed by atoms with Gasteiger partial charge in [0.25, 0.3) is 5.78 Å². The van der Waals surface area contributed by atoms with Crippen molar-refractivity contribution in [1.29, 1.82) is 0 Å². The monoisotopic (exact) mass is 183 g/mol. The van der Waals surface area contributed by atoms with Crippen LogP contribution >= 0.6 is 0 Å². The number of H-pyrrole nitrogens is 1. The number of imidazole rings is 1. The van der Waals surface area contributed by atoms with Crippen LogP contribution < -0.4 is 5.73 Å². The third-order valence-corrected chi connectivity index (χ3v) is 1.54. The molecule has 1 atom stereocenters. The Morgan fingerprint density at radius 2 is 2.38 bits per heavy atom. The molecule has 0 aliphatic heterocycles. The number of carbonyl (C=O) groups excluding carboxylic acids is 1. The number of aliphatic carboxylic acids is 1. The van der Waals surface area contributed by atoms with Gasteiger partial charge in [-0.1, -0.05) is 0 Å². The van der Waals surface area contributed by atoms with Crippen molar-refractivity contribution in [2.45, 2.75) is 12.5 Å². The number of hydrogen-bond acceptors (Lipinski definition) is 4. The van der Waals surface area contributed by atoms with E-state index in [1.165, 1.54) is 12.5 Å². The number of carboxylic acid groups (broad SMARTS) is 1. The molecular weight excluding hydrogens is 174 g/mol. The van der Waals surface area contributed by atoms with E-state index in [1.807, 2.05) is 0 Å². The van der Waals surface area contributed by atoms with Crippen LogP contribution in [0, 0.1) is 0 Å². The van der Waals surface area contributed by atoms with Gasteiger partial charge in [0, 0.05) is 18.3 Å². The van der Waals surface area contributed by atoms with Gasteiger partial charge in [-0.05, 0) is 0 Å². The van der Waals surface area contributed by atoms with Gasteiger partial charge in [-0.3, -0.25) is 4.79 Å². The third-order valence-electron chi connectivity index (χ3n) is 1.54. The molecule has 0 saturated heterocycles. The summed E-state index contributed by atoms with van der Waals surface area (Å²) in [5.74, 6) is -2.50. The molecule has 1 aromatic heterocycles. The lowest BCUT2D eigenvalue weighted by molar-refractivity contribution is -0.149. The number of nitrogens with one attached hydrogen (secondary N) is 1. The first-order valence-corrected chi connectivity index (χ1v) is 3.61. The second-order valence-electron chi connectivity index (χ2n) is 2.56. The first kappa shape index (κ1) is 9.40. The summed E-state index contributed by atoms with van der Waals surface area (Å²) >= 11 is 0. The fourth-order valence-electron chi connectivity index (χ4n) is 0.885. The predicted molar refractivity (Wildman–Crippen MR) is 42.9 cm³/mol. The standard InChI is InChI=1S/C7H9N3O3/c8-5(6(11)7(12)13)1-4-2-9-3-10-4/h2-3,5H,1,8H2,(H,9,10)(H,12,13)/t5-/m0/s1. The molecule has 4 N–H and O–H groups in total. The number of carboxylic acids is 1. The quantitative estimate of drug-likeness (QED) is 0.515. The van der Waals surface area contributed by atoms with Crippen molar-refractivity contribution >= 4 is 11.8 Å². The minimum atomic E-state index is -1.51. The number of nitrogens with zero attached hydrogens (tertiary/aromatic N) is 1. The highest BCUT2D eigenvalue weighted by Gasteiger charge is 2.21. The minimum Gasteiger partial charge on any atom is -0.475 e. The van der Waals surface area contributed by atoms with E-state index in [9.17, 15) is 9.59 Å². The summed E-state index contributed by atoms with van der Waals surface area (Å²) in [6, 6.07) is -1.02. The molecular formula is C7H9N3O3. The van der Waals surface area contributed by atoms with Gasteiger partial charge >= 0.3 is 5.97 Å². The summed E-state index contributed by atoms with van der Waals surface area (Å²) < 4.78 is 0. The molecule has 0 aliphatic rings. The molecule has 6 nitrogen and oxygen atoms in total. The van der Waals surface area contributed by atoms with E-state index in [1.54, 1.807) is 0 Å². The Bertz CT molecular complexity index is 307. The smallest absolute Gasteiger partial charge is 0.373 e. The van der Waals surface area contributed by atoms with Crippen LogP contribution in [-0.4, -0.2) is 32.9 Å². The molecule has 13 heavy (non-hydrogen) atoms. The number of rotatable bonds is 4. The Kier molecular flexibility index (Phi) is 2.76. The zero-order chi connectivity index (χ0) is 9.84. The molecule has 1 heterocycles. The van der Waals surface area contributed by atoms with Crippen molar-refractivity contribution < 1.29 is 14.7 Å². The number of carbonyl (C=O) groups is 2. The largest absolute Gasteiger partial charge is 0.475 e. The maximum absolute atomic E-state index is 10.8. The van der Waals surface area contributed by atoms with Crippen molar-refractivity contribution in [3.05, 3.63) is 18.2 Å². The van der Waals surface area contributed by atoms with Crippen molar-refractivity contribution in [3.63, 3.8) is 0 Å². The van der Waals surface area contributed by atoms with Crippen LogP contribution in [0.4, 0.5) is 0 Å². The van der Waals surface area contributed by atoms with Crippen LogP contribution in [0.2, 0.25) is 0 Å². The lowest BCUT2D eigenvalue weighted by Crippen LogP contribution is -2.37. The van der Waals surface area contributed by atoms with Crippen LogP contribution in [-0.2, 0) is 16.0 Å². The molecule has 1 rings (SSSR count). The van der Waals surface area contributed by atoms with Gasteiger partial charge in [-0.2, -0.15) is 0 Å². The van der Waals surface area contributed by atoms with Crippen molar-refractivity contribution in [1.82, 2.24) is 9.97 Å². The van der Waals surface area contributed by atoms with Gasteiger partial charge in [0.1, 0.15) is 0 Å². The summed E-state index contributed by atoms with van der Waals surface area (Å²) in [6.07, 6.45) is 3.09. The third kappa shape index (κ3) is 2.38. The first-order valence-electron chi connectivity index (χ1n) is 3.61. The highest BCUT2D eigenvalue weighted by Crippen LogP contribution is 1.97. The average molecular weight is 183 g/mol. The molecule has 0 amide bonds. The summed E-state index contributed by atoms with van der Waals surface area (Å²) in [4.78, 5) is 27.5.